The molecule has 96 valence electrons. The molecule has 0 aromatic heterocycles. The van der Waals surface area contributed by atoms with Crippen LogP contribution in [0.15, 0.2) is 0 Å². The van der Waals surface area contributed by atoms with Gasteiger partial charge in [-0.3, -0.25) is 4.18 Å². The van der Waals surface area contributed by atoms with Gasteiger partial charge in [-0.15, -0.1) is 0 Å². The average Bonchev–Trinajstić information content (AvgIpc) is 2.05. The van der Waals surface area contributed by atoms with E-state index in [0.717, 1.165) is 19.3 Å². The topological polar surface area (TPSA) is 52.6 Å². The molecule has 0 N–H and O–H groups in total. The zero-order valence-electron chi connectivity index (χ0n) is 8.50. The number of halogens is 3. The second-order valence-electron chi connectivity index (χ2n) is 3.59. The highest BCUT2D eigenvalue weighted by Gasteiger charge is 2.47. The molecule has 1 fully saturated rings. The van der Waals surface area contributed by atoms with Crippen LogP contribution in [0.5, 0.6) is 0 Å². The SMILES string of the molecule is O=S(=O)(OCCOCC1CCC1)C(F)(F)F. The molecule has 0 spiro atoms. The van der Waals surface area contributed by atoms with E-state index in [9.17, 15) is 21.6 Å². The molecule has 0 atom stereocenters. The van der Waals surface area contributed by atoms with Crippen molar-refractivity contribution in [2.45, 2.75) is 24.8 Å². The normalized spacial score (nSPS) is 18.4. The molecule has 0 amide bonds. The predicted molar refractivity (Wildman–Crippen MR) is 49.1 cm³/mol. The van der Waals surface area contributed by atoms with E-state index in [1.54, 1.807) is 0 Å². The van der Waals surface area contributed by atoms with Crippen molar-refractivity contribution in [1.29, 1.82) is 0 Å². The molecule has 0 aromatic rings. The quantitative estimate of drug-likeness (QED) is 0.415. The van der Waals surface area contributed by atoms with Gasteiger partial charge >= 0.3 is 15.6 Å². The Hall–Kier alpha value is -0.340. The van der Waals surface area contributed by atoms with Crippen molar-refractivity contribution in [1.82, 2.24) is 0 Å². The van der Waals surface area contributed by atoms with E-state index in [-0.39, 0.29) is 6.61 Å². The zero-order chi connectivity index (χ0) is 12.2. The first-order valence-corrected chi connectivity index (χ1v) is 6.27. The fourth-order valence-electron chi connectivity index (χ4n) is 1.18. The number of hydrogen-bond donors (Lipinski definition) is 0. The summed E-state index contributed by atoms with van der Waals surface area (Å²) in [5.74, 6) is 0.458. The van der Waals surface area contributed by atoms with Gasteiger partial charge in [-0.1, -0.05) is 6.42 Å². The molecular formula is C8H13F3O4S. The highest BCUT2D eigenvalue weighted by atomic mass is 32.2. The Labute approximate surface area is 91.8 Å². The Bertz CT molecular complexity index is 308. The minimum absolute atomic E-state index is 0.147. The van der Waals surface area contributed by atoms with E-state index < -0.39 is 22.2 Å². The summed E-state index contributed by atoms with van der Waals surface area (Å²) >= 11 is 0. The van der Waals surface area contributed by atoms with Gasteiger partial charge in [0.05, 0.1) is 13.2 Å². The lowest BCUT2D eigenvalue weighted by atomic mass is 9.86. The molecule has 0 aliphatic heterocycles. The van der Waals surface area contributed by atoms with Crippen LogP contribution in [-0.2, 0) is 19.0 Å². The van der Waals surface area contributed by atoms with Gasteiger partial charge in [0.15, 0.2) is 0 Å². The second kappa shape index (κ2) is 5.33. The summed E-state index contributed by atoms with van der Waals surface area (Å²) in [6.45, 7) is -0.296. The maximum atomic E-state index is 11.8. The van der Waals surface area contributed by atoms with E-state index in [2.05, 4.69) is 4.18 Å². The minimum atomic E-state index is -5.47. The van der Waals surface area contributed by atoms with Crippen LogP contribution in [0.25, 0.3) is 0 Å². The first-order chi connectivity index (χ1) is 7.33. The maximum Gasteiger partial charge on any atom is 0.523 e. The van der Waals surface area contributed by atoms with E-state index in [1.165, 1.54) is 0 Å². The largest absolute Gasteiger partial charge is 0.523 e. The van der Waals surface area contributed by atoms with Crippen molar-refractivity contribution in [3.63, 3.8) is 0 Å². The second-order valence-corrected chi connectivity index (χ2v) is 5.20. The standard InChI is InChI=1S/C8H13F3O4S/c9-8(10,11)16(12,13)15-5-4-14-6-7-2-1-3-7/h7H,1-6H2. The lowest BCUT2D eigenvalue weighted by Gasteiger charge is -2.24. The highest BCUT2D eigenvalue weighted by Crippen LogP contribution is 2.26. The third kappa shape index (κ3) is 3.91. The van der Waals surface area contributed by atoms with E-state index in [4.69, 9.17) is 4.74 Å². The van der Waals surface area contributed by atoms with Crippen molar-refractivity contribution in [2.75, 3.05) is 19.8 Å². The van der Waals surface area contributed by atoms with Crippen LogP contribution in [0.1, 0.15) is 19.3 Å². The molecule has 4 nitrogen and oxygen atoms in total. The molecule has 0 heterocycles. The lowest BCUT2D eigenvalue weighted by molar-refractivity contribution is -0.0559. The number of hydrogen-bond acceptors (Lipinski definition) is 4. The lowest BCUT2D eigenvalue weighted by Crippen LogP contribution is -2.27. The summed E-state index contributed by atoms with van der Waals surface area (Å²) < 4.78 is 64.9. The summed E-state index contributed by atoms with van der Waals surface area (Å²) in [5, 5.41) is 0. The van der Waals surface area contributed by atoms with Crippen LogP contribution < -0.4 is 0 Å². The zero-order valence-corrected chi connectivity index (χ0v) is 9.31. The molecule has 1 rings (SSSR count). The van der Waals surface area contributed by atoms with Gasteiger partial charge in [0.2, 0.25) is 0 Å². The summed E-state index contributed by atoms with van der Waals surface area (Å²) in [5.41, 5.74) is -5.36. The molecule has 0 radical (unpaired) electrons. The summed E-state index contributed by atoms with van der Waals surface area (Å²) in [4.78, 5) is 0. The van der Waals surface area contributed by atoms with Crippen LogP contribution in [0, 0.1) is 5.92 Å². The minimum Gasteiger partial charge on any atom is -0.379 e. The molecule has 1 aliphatic carbocycles. The Morgan fingerprint density at radius 3 is 2.25 bits per heavy atom. The number of ether oxygens (including phenoxy) is 1. The van der Waals surface area contributed by atoms with Crippen molar-refractivity contribution < 1.29 is 30.5 Å². The van der Waals surface area contributed by atoms with Gasteiger partial charge in [0.1, 0.15) is 0 Å². The first kappa shape index (κ1) is 13.7. The van der Waals surface area contributed by atoms with Crippen molar-refractivity contribution in [3.05, 3.63) is 0 Å². The average molecular weight is 262 g/mol. The Morgan fingerprint density at radius 2 is 1.81 bits per heavy atom. The molecule has 0 bridgehead atoms. The summed E-state index contributed by atoms with van der Waals surface area (Å²) in [7, 11) is -5.47. The van der Waals surface area contributed by atoms with Gasteiger partial charge in [-0.05, 0) is 18.8 Å². The monoisotopic (exact) mass is 262 g/mol. The van der Waals surface area contributed by atoms with Gasteiger partial charge in [-0.2, -0.15) is 21.6 Å². The Morgan fingerprint density at radius 1 is 1.19 bits per heavy atom. The number of alkyl halides is 3. The molecule has 8 heteroatoms. The molecule has 0 unspecified atom stereocenters. The Kier molecular flexibility index (Phi) is 4.57. The predicted octanol–water partition coefficient (Wildman–Crippen LogP) is 1.67. The third-order valence-corrected chi connectivity index (χ3v) is 3.37. The first-order valence-electron chi connectivity index (χ1n) is 4.86. The molecule has 0 aromatic carbocycles. The van der Waals surface area contributed by atoms with Crippen LogP contribution >= 0.6 is 0 Å². The van der Waals surface area contributed by atoms with Crippen LogP contribution in [-0.4, -0.2) is 33.7 Å². The van der Waals surface area contributed by atoms with Crippen molar-refractivity contribution in [2.24, 2.45) is 5.92 Å². The third-order valence-electron chi connectivity index (χ3n) is 2.33. The van der Waals surface area contributed by atoms with Crippen LogP contribution in [0.4, 0.5) is 13.2 Å². The van der Waals surface area contributed by atoms with E-state index in [0.29, 0.717) is 12.5 Å². The Balaban J connectivity index is 2.10. The van der Waals surface area contributed by atoms with E-state index in [1.807, 2.05) is 0 Å². The smallest absolute Gasteiger partial charge is 0.379 e. The summed E-state index contributed by atoms with van der Waals surface area (Å²) in [6, 6.07) is 0. The molecule has 16 heavy (non-hydrogen) atoms. The fourth-order valence-corrected chi connectivity index (χ4v) is 1.60. The van der Waals surface area contributed by atoms with Crippen molar-refractivity contribution in [3.8, 4) is 0 Å². The van der Waals surface area contributed by atoms with Crippen LogP contribution in [0.2, 0.25) is 0 Å². The van der Waals surface area contributed by atoms with Gasteiger partial charge < -0.3 is 4.74 Å². The van der Waals surface area contributed by atoms with Crippen LogP contribution in [0.3, 0.4) is 0 Å². The maximum absolute atomic E-state index is 11.8. The fraction of sp³-hybridized carbons (Fsp3) is 1.00. The molecule has 1 aliphatic rings. The van der Waals surface area contributed by atoms with Gasteiger partial charge in [-0.25, -0.2) is 0 Å². The van der Waals surface area contributed by atoms with E-state index >= 15 is 0 Å². The molecule has 0 saturated heterocycles. The number of rotatable bonds is 6. The van der Waals surface area contributed by atoms with Gasteiger partial charge in [0.25, 0.3) is 0 Å². The molecule has 1 saturated carbocycles. The highest BCUT2D eigenvalue weighted by molar-refractivity contribution is 7.87. The molecular weight excluding hydrogens is 249 g/mol. The van der Waals surface area contributed by atoms with Gasteiger partial charge in [0, 0.05) is 6.61 Å². The van der Waals surface area contributed by atoms with Crippen molar-refractivity contribution >= 4 is 10.1 Å². The summed E-state index contributed by atoms with van der Waals surface area (Å²) in [6.07, 6.45) is 3.26.